The van der Waals surface area contributed by atoms with Gasteiger partial charge in [-0.25, -0.2) is 0 Å². The van der Waals surface area contributed by atoms with Gasteiger partial charge < -0.3 is 0 Å². The third-order valence-corrected chi connectivity index (χ3v) is 6.14. The lowest BCUT2D eigenvalue weighted by Gasteiger charge is -2.17. The molecule has 3 unspecified atom stereocenters. The zero-order valence-corrected chi connectivity index (χ0v) is 18.6. The molecule has 0 nitrogen and oxygen atoms in total. The molecule has 3 atom stereocenters. The van der Waals surface area contributed by atoms with Crippen molar-refractivity contribution in [2.75, 3.05) is 0 Å². The summed E-state index contributed by atoms with van der Waals surface area (Å²) in [7, 11) is 0. The van der Waals surface area contributed by atoms with Gasteiger partial charge in [0.25, 0.3) is 0 Å². The molecule has 154 valence electrons. The minimum Gasteiger partial charge on any atom is -0.0885 e. The van der Waals surface area contributed by atoms with Crippen molar-refractivity contribution in [2.24, 2.45) is 17.8 Å². The summed E-state index contributed by atoms with van der Waals surface area (Å²) in [6.07, 6.45) is 26.3. The molecule has 0 aliphatic rings. The van der Waals surface area contributed by atoms with Gasteiger partial charge in [-0.15, -0.1) is 0 Å². The predicted molar refractivity (Wildman–Crippen MR) is 121 cm³/mol. The highest BCUT2D eigenvalue weighted by atomic mass is 14.1. The molecule has 0 N–H and O–H groups in total. The van der Waals surface area contributed by atoms with Gasteiger partial charge in [-0.05, 0) is 43.4 Å². The van der Waals surface area contributed by atoms with Crippen molar-refractivity contribution >= 4 is 0 Å². The van der Waals surface area contributed by atoms with E-state index in [1.807, 2.05) is 0 Å². The molecule has 2 radical (unpaired) electrons. The molecule has 26 heavy (non-hydrogen) atoms. The van der Waals surface area contributed by atoms with E-state index in [1.165, 1.54) is 89.9 Å². The van der Waals surface area contributed by atoms with E-state index in [4.69, 9.17) is 0 Å². The van der Waals surface area contributed by atoms with Gasteiger partial charge in [0, 0.05) is 0 Å². The predicted octanol–water partition coefficient (Wildman–Crippen LogP) is 9.36. The molecular formula is C26H50. The van der Waals surface area contributed by atoms with Crippen LogP contribution < -0.4 is 0 Å². The van der Waals surface area contributed by atoms with E-state index in [0.717, 1.165) is 30.6 Å². The van der Waals surface area contributed by atoms with Gasteiger partial charge in [-0.1, -0.05) is 124 Å². The molecule has 0 aromatic heterocycles. The van der Waals surface area contributed by atoms with E-state index in [0.29, 0.717) is 0 Å². The zero-order chi connectivity index (χ0) is 19.5. The number of hydrogen-bond donors (Lipinski definition) is 0. The van der Waals surface area contributed by atoms with E-state index < -0.39 is 0 Å². The van der Waals surface area contributed by atoms with Crippen LogP contribution in [0.15, 0.2) is 12.2 Å². The average molecular weight is 363 g/mol. The minimum absolute atomic E-state index is 0.795. The molecule has 0 saturated heterocycles. The summed E-state index contributed by atoms with van der Waals surface area (Å²) in [5.74, 6) is 2.57. The Morgan fingerprint density at radius 1 is 0.577 bits per heavy atom. The van der Waals surface area contributed by atoms with Crippen molar-refractivity contribution in [2.45, 2.75) is 124 Å². The maximum absolute atomic E-state index is 4.04. The fourth-order valence-corrected chi connectivity index (χ4v) is 3.63. The Balaban J connectivity index is 3.34. The number of hydrogen-bond acceptors (Lipinski definition) is 0. The summed E-state index contributed by atoms with van der Waals surface area (Å²) in [5.41, 5.74) is 0. The van der Waals surface area contributed by atoms with Crippen molar-refractivity contribution in [3.63, 3.8) is 0 Å². The lowest BCUT2D eigenvalue weighted by molar-refractivity contribution is 0.350. The van der Waals surface area contributed by atoms with E-state index >= 15 is 0 Å². The second kappa shape index (κ2) is 19.5. The van der Waals surface area contributed by atoms with Gasteiger partial charge in [-0.2, -0.15) is 0 Å². The van der Waals surface area contributed by atoms with E-state index in [1.54, 1.807) is 0 Å². The first-order valence-electron chi connectivity index (χ1n) is 11.8. The van der Waals surface area contributed by atoms with E-state index in [2.05, 4.69) is 46.8 Å². The summed E-state index contributed by atoms with van der Waals surface area (Å²) >= 11 is 0. The molecule has 0 spiro atoms. The average Bonchev–Trinajstić information content (AvgIpc) is 2.65. The fourth-order valence-electron chi connectivity index (χ4n) is 3.63. The Bertz CT molecular complexity index is 290. The highest BCUT2D eigenvalue weighted by Crippen LogP contribution is 2.22. The monoisotopic (exact) mass is 362 g/mol. The highest BCUT2D eigenvalue weighted by molar-refractivity contribution is 4.81. The first kappa shape index (κ1) is 25.7. The fraction of sp³-hybridized carbons (Fsp3) is 0.846. The maximum atomic E-state index is 4.04. The Morgan fingerprint density at radius 2 is 1.08 bits per heavy atom. The van der Waals surface area contributed by atoms with Crippen molar-refractivity contribution in [3.05, 3.63) is 26.0 Å². The molecule has 0 heteroatoms. The Labute approximate surface area is 167 Å². The van der Waals surface area contributed by atoms with Gasteiger partial charge in [0.1, 0.15) is 0 Å². The summed E-state index contributed by atoms with van der Waals surface area (Å²) in [6, 6.07) is 0. The summed E-state index contributed by atoms with van der Waals surface area (Å²) in [6.45, 7) is 15.1. The van der Waals surface area contributed by atoms with Crippen LogP contribution in [0, 0.1) is 31.6 Å². The molecule has 0 aromatic rings. The van der Waals surface area contributed by atoms with Crippen molar-refractivity contribution in [3.8, 4) is 0 Å². The Hall–Kier alpha value is -0.260. The molecule has 0 aromatic carbocycles. The maximum Gasteiger partial charge on any atom is -0.0351 e. The van der Waals surface area contributed by atoms with Crippen LogP contribution in [0.25, 0.3) is 0 Å². The third kappa shape index (κ3) is 17.2. The van der Waals surface area contributed by atoms with Gasteiger partial charge >= 0.3 is 0 Å². The zero-order valence-electron chi connectivity index (χ0n) is 18.6. The summed E-state index contributed by atoms with van der Waals surface area (Å²) in [5, 5.41) is 0. The molecule has 0 aliphatic carbocycles. The summed E-state index contributed by atoms with van der Waals surface area (Å²) < 4.78 is 0. The van der Waals surface area contributed by atoms with Crippen LogP contribution in [-0.4, -0.2) is 0 Å². The van der Waals surface area contributed by atoms with Crippen LogP contribution in [-0.2, 0) is 0 Å². The molecule has 0 rings (SSSR count). The molecule has 0 aliphatic heterocycles. The lowest BCUT2D eigenvalue weighted by atomic mass is 9.88. The third-order valence-electron chi connectivity index (χ3n) is 6.14. The number of allylic oxidation sites excluding steroid dienone is 2. The van der Waals surface area contributed by atoms with Gasteiger partial charge in [0.2, 0.25) is 0 Å². The Kier molecular flexibility index (Phi) is 19.3. The smallest absolute Gasteiger partial charge is 0.0351 e. The first-order chi connectivity index (χ1) is 12.6. The molecule has 0 bridgehead atoms. The van der Waals surface area contributed by atoms with Crippen molar-refractivity contribution in [1.29, 1.82) is 0 Å². The minimum atomic E-state index is 0.795. The van der Waals surface area contributed by atoms with E-state index in [-0.39, 0.29) is 0 Å². The van der Waals surface area contributed by atoms with Crippen LogP contribution in [0.3, 0.4) is 0 Å². The normalized spacial score (nSPS) is 15.4. The Morgan fingerprint density at radius 3 is 1.65 bits per heavy atom. The second-order valence-electron chi connectivity index (χ2n) is 8.80. The second-order valence-corrected chi connectivity index (χ2v) is 8.80. The molecule has 0 amide bonds. The highest BCUT2D eigenvalue weighted by Gasteiger charge is 2.09. The quantitative estimate of drug-likeness (QED) is 0.158. The van der Waals surface area contributed by atoms with Crippen LogP contribution in [0.5, 0.6) is 0 Å². The number of rotatable bonds is 19. The molecule has 0 saturated carbocycles. The standard InChI is InChI=1S/C26H50/c1-6-8-9-10-11-12-13-14-15-18-21-24(3)22-19-16-17-20-23-26(5)25(4)7-2/h12-13,24-26H,1-2,6-11,14-23H2,3-5H3/b13-12+. The van der Waals surface area contributed by atoms with Gasteiger partial charge in [-0.3, -0.25) is 0 Å². The van der Waals surface area contributed by atoms with E-state index in [9.17, 15) is 0 Å². The van der Waals surface area contributed by atoms with Crippen LogP contribution >= 0.6 is 0 Å². The van der Waals surface area contributed by atoms with Crippen molar-refractivity contribution in [1.82, 2.24) is 0 Å². The molecule has 0 heterocycles. The van der Waals surface area contributed by atoms with Crippen LogP contribution in [0.1, 0.15) is 124 Å². The largest absolute Gasteiger partial charge is 0.0885 e. The van der Waals surface area contributed by atoms with Crippen LogP contribution in [0.4, 0.5) is 0 Å². The van der Waals surface area contributed by atoms with Crippen molar-refractivity contribution < 1.29 is 0 Å². The molecular weight excluding hydrogens is 312 g/mol. The van der Waals surface area contributed by atoms with Gasteiger partial charge in [0.05, 0.1) is 0 Å². The SMILES string of the molecule is [CH2]CCCCC/C=C/CCCCC(C)CCCCCCC(C)C(C)C[CH2]. The molecule has 0 fully saturated rings. The van der Waals surface area contributed by atoms with Crippen LogP contribution in [0.2, 0.25) is 0 Å². The number of unbranched alkanes of at least 4 members (excludes halogenated alkanes) is 9. The first-order valence-corrected chi connectivity index (χ1v) is 11.8. The van der Waals surface area contributed by atoms with Gasteiger partial charge in [0.15, 0.2) is 0 Å². The topological polar surface area (TPSA) is 0 Å². The lowest BCUT2D eigenvalue weighted by Crippen LogP contribution is -2.06. The summed E-state index contributed by atoms with van der Waals surface area (Å²) in [4.78, 5) is 0.